The van der Waals surface area contributed by atoms with E-state index >= 15 is 0 Å². The Labute approximate surface area is 116 Å². The summed E-state index contributed by atoms with van der Waals surface area (Å²) < 4.78 is 0. The van der Waals surface area contributed by atoms with E-state index in [2.05, 4.69) is 41.9 Å². The molecule has 2 rings (SSSR count). The second-order valence-corrected chi connectivity index (χ2v) is 6.04. The minimum Gasteiger partial charge on any atom is -0.324 e. The Kier molecular flexibility index (Phi) is 5.20. The molecule has 18 heavy (non-hydrogen) atoms. The van der Waals surface area contributed by atoms with Gasteiger partial charge in [-0.15, -0.1) is 12.4 Å². The minimum atomic E-state index is -0.108. The first kappa shape index (κ1) is 15.5. The molecular weight excluding hydrogens is 248 g/mol. The highest BCUT2D eigenvalue weighted by Crippen LogP contribution is 2.26. The standard InChI is InChI=1S/C13H24N4.ClH/c1-10-7-12(16-15-10)11-5-4-6-17(8-11)9-13(2,3)14;/h7,11H,4-6,8-9,14H2,1-3H3,(H,15,16);1H. The number of aromatic amines is 1. The number of nitrogens with one attached hydrogen (secondary N) is 1. The number of aromatic nitrogens is 2. The highest BCUT2D eigenvalue weighted by molar-refractivity contribution is 5.85. The number of H-pyrrole nitrogens is 1. The van der Waals surface area contributed by atoms with Gasteiger partial charge >= 0.3 is 0 Å². The van der Waals surface area contributed by atoms with Crippen LogP contribution in [0.25, 0.3) is 0 Å². The zero-order valence-electron chi connectivity index (χ0n) is 11.6. The van der Waals surface area contributed by atoms with Gasteiger partial charge in [0.25, 0.3) is 0 Å². The summed E-state index contributed by atoms with van der Waals surface area (Å²) in [5, 5.41) is 7.42. The van der Waals surface area contributed by atoms with Crippen molar-refractivity contribution in [2.45, 2.75) is 45.1 Å². The zero-order valence-corrected chi connectivity index (χ0v) is 12.4. The second kappa shape index (κ2) is 6.04. The predicted octanol–water partition coefficient (Wildman–Crippen LogP) is 2.06. The molecule has 1 atom stereocenters. The topological polar surface area (TPSA) is 57.9 Å². The Morgan fingerprint density at radius 3 is 2.83 bits per heavy atom. The minimum absolute atomic E-state index is 0. The number of hydrogen-bond donors (Lipinski definition) is 2. The fraction of sp³-hybridized carbons (Fsp3) is 0.769. The van der Waals surface area contributed by atoms with Crippen LogP contribution >= 0.6 is 12.4 Å². The quantitative estimate of drug-likeness (QED) is 0.886. The summed E-state index contributed by atoms with van der Waals surface area (Å²) in [4.78, 5) is 2.47. The third-order valence-corrected chi connectivity index (χ3v) is 3.28. The average molecular weight is 273 g/mol. The highest BCUT2D eigenvalue weighted by atomic mass is 35.5. The Hall–Kier alpha value is -0.580. The third kappa shape index (κ3) is 4.26. The van der Waals surface area contributed by atoms with Crippen LogP contribution in [0.5, 0.6) is 0 Å². The van der Waals surface area contributed by atoms with Crippen molar-refractivity contribution in [1.82, 2.24) is 15.1 Å². The van der Waals surface area contributed by atoms with Crippen molar-refractivity contribution in [2.75, 3.05) is 19.6 Å². The molecule has 0 spiro atoms. The fourth-order valence-electron chi connectivity index (χ4n) is 2.67. The van der Waals surface area contributed by atoms with Gasteiger partial charge in [0.05, 0.1) is 5.69 Å². The van der Waals surface area contributed by atoms with Gasteiger partial charge in [0, 0.05) is 30.2 Å². The van der Waals surface area contributed by atoms with Gasteiger partial charge in [-0.3, -0.25) is 5.10 Å². The van der Waals surface area contributed by atoms with Gasteiger partial charge in [0.15, 0.2) is 0 Å². The first-order valence-corrected chi connectivity index (χ1v) is 6.47. The van der Waals surface area contributed by atoms with E-state index in [-0.39, 0.29) is 17.9 Å². The van der Waals surface area contributed by atoms with Crippen LogP contribution < -0.4 is 5.73 Å². The van der Waals surface area contributed by atoms with Crippen LogP contribution in [-0.4, -0.2) is 40.3 Å². The number of aryl methyl sites for hydroxylation is 1. The van der Waals surface area contributed by atoms with E-state index in [1.807, 2.05) is 0 Å². The van der Waals surface area contributed by atoms with Crippen molar-refractivity contribution in [3.05, 3.63) is 17.5 Å². The number of nitrogens with zero attached hydrogens (tertiary/aromatic N) is 2. The molecule has 2 heterocycles. The number of likely N-dealkylation sites (tertiary alicyclic amines) is 1. The van der Waals surface area contributed by atoms with Crippen molar-refractivity contribution in [2.24, 2.45) is 5.73 Å². The van der Waals surface area contributed by atoms with E-state index < -0.39 is 0 Å². The van der Waals surface area contributed by atoms with Crippen molar-refractivity contribution in [1.29, 1.82) is 0 Å². The Balaban J connectivity index is 0.00000162. The van der Waals surface area contributed by atoms with Gasteiger partial charge in [0.1, 0.15) is 0 Å². The molecule has 1 fully saturated rings. The maximum absolute atomic E-state index is 6.09. The lowest BCUT2D eigenvalue weighted by Crippen LogP contribution is -2.48. The summed E-state index contributed by atoms with van der Waals surface area (Å²) in [6.45, 7) is 9.46. The molecule has 0 aromatic carbocycles. The summed E-state index contributed by atoms with van der Waals surface area (Å²) >= 11 is 0. The Morgan fingerprint density at radius 2 is 2.28 bits per heavy atom. The number of rotatable bonds is 3. The van der Waals surface area contributed by atoms with Gasteiger partial charge in [-0.2, -0.15) is 5.10 Å². The first-order chi connectivity index (χ1) is 7.94. The molecule has 0 aliphatic carbocycles. The molecule has 0 bridgehead atoms. The van der Waals surface area contributed by atoms with Gasteiger partial charge in [0.2, 0.25) is 0 Å². The van der Waals surface area contributed by atoms with Crippen LogP contribution in [0.4, 0.5) is 0 Å². The van der Waals surface area contributed by atoms with Gasteiger partial charge < -0.3 is 10.6 Å². The maximum atomic E-state index is 6.09. The molecule has 4 nitrogen and oxygen atoms in total. The summed E-state index contributed by atoms with van der Waals surface area (Å²) in [6.07, 6.45) is 2.48. The van der Waals surface area contributed by atoms with E-state index in [1.165, 1.54) is 25.1 Å². The lowest BCUT2D eigenvalue weighted by atomic mass is 9.93. The summed E-state index contributed by atoms with van der Waals surface area (Å²) in [7, 11) is 0. The third-order valence-electron chi connectivity index (χ3n) is 3.28. The summed E-state index contributed by atoms with van der Waals surface area (Å²) in [5.41, 5.74) is 8.34. The Bertz CT molecular complexity index is 369. The molecule has 1 unspecified atom stereocenters. The first-order valence-electron chi connectivity index (χ1n) is 6.47. The zero-order chi connectivity index (χ0) is 12.5. The van der Waals surface area contributed by atoms with Crippen LogP contribution in [0.1, 0.15) is 44.0 Å². The van der Waals surface area contributed by atoms with Crippen molar-refractivity contribution < 1.29 is 0 Å². The van der Waals surface area contributed by atoms with Crippen LogP contribution in [0.3, 0.4) is 0 Å². The molecule has 104 valence electrons. The molecule has 0 amide bonds. The SMILES string of the molecule is Cc1cc(C2CCCN(CC(C)(C)N)C2)n[nH]1.Cl. The average Bonchev–Trinajstić information content (AvgIpc) is 2.63. The van der Waals surface area contributed by atoms with Crippen LogP contribution in [0.2, 0.25) is 0 Å². The molecule has 1 aliphatic rings. The fourth-order valence-corrected chi connectivity index (χ4v) is 2.67. The largest absolute Gasteiger partial charge is 0.324 e. The maximum Gasteiger partial charge on any atom is 0.0668 e. The van der Waals surface area contributed by atoms with Crippen LogP contribution in [0, 0.1) is 6.92 Å². The molecule has 1 aliphatic heterocycles. The second-order valence-electron chi connectivity index (χ2n) is 6.04. The van der Waals surface area contributed by atoms with E-state index in [0.717, 1.165) is 18.8 Å². The van der Waals surface area contributed by atoms with Crippen molar-refractivity contribution in [3.63, 3.8) is 0 Å². The number of piperidine rings is 1. The molecule has 3 N–H and O–H groups in total. The number of halogens is 1. The number of hydrogen-bond acceptors (Lipinski definition) is 3. The van der Waals surface area contributed by atoms with Gasteiger partial charge in [-0.25, -0.2) is 0 Å². The van der Waals surface area contributed by atoms with E-state index in [1.54, 1.807) is 0 Å². The molecular formula is C13H25ClN4. The summed E-state index contributed by atoms with van der Waals surface area (Å²) in [5.74, 6) is 0.566. The van der Waals surface area contributed by atoms with E-state index in [4.69, 9.17) is 5.73 Å². The molecule has 1 saturated heterocycles. The number of nitrogens with two attached hydrogens (primary N) is 1. The molecule has 0 radical (unpaired) electrons. The molecule has 0 saturated carbocycles. The predicted molar refractivity (Wildman–Crippen MR) is 77.3 cm³/mol. The van der Waals surface area contributed by atoms with Gasteiger partial charge in [-0.05, 0) is 46.2 Å². The lowest BCUT2D eigenvalue weighted by Gasteiger charge is -2.36. The molecule has 1 aromatic heterocycles. The highest BCUT2D eigenvalue weighted by Gasteiger charge is 2.25. The van der Waals surface area contributed by atoms with Crippen LogP contribution in [-0.2, 0) is 0 Å². The monoisotopic (exact) mass is 272 g/mol. The normalized spacial score (nSPS) is 21.7. The van der Waals surface area contributed by atoms with E-state index in [9.17, 15) is 0 Å². The van der Waals surface area contributed by atoms with Crippen molar-refractivity contribution in [3.8, 4) is 0 Å². The molecule has 1 aromatic rings. The van der Waals surface area contributed by atoms with Crippen molar-refractivity contribution >= 4 is 12.4 Å². The Morgan fingerprint density at radius 1 is 1.56 bits per heavy atom. The lowest BCUT2D eigenvalue weighted by molar-refractivity contribution is 0.174. The molecule has 5 heteroatoms. The smallest absolute Gasteiger partial charge is 0.0668 e. The van der Waals surface area contributed by atoms with Gasteiger partial charge in [-0.1, -0.05) is 0 Å². The van der Waals surface area contributed by atoms with E-state index in [0.29, 0.717) is 5.92 Å². The van der Waals surface area contributed by atoms with Crippen LogP contribution in [0.15, 0.2) is 6.07 Å². The summed E-state index contributed by atoms with van der Waals surface area (Å²) in [6, 6.07) is 2.17.